The molecule has 0 radical (unpaired) electrons. The van der Waals surface area contributed by atoms with E-state index < -0.39 is 0 Å². The van der Waals surface area contributed by atoms with E-state index in [9.17, 15) is 4.79 Å². The minimum Gasteiger partial charge on any atom is -0.484 e. The maximum absolute atomic E-state index is 11.7. The number of pyridine rings is 1. The minimum atomic E-state index is -0.243. The summed E-state index contributed by atoms with van der Waals surface area (Å²) in [6.07, 6.45) is 1.60. The van der Waals surface area contributed by atoms with Crippen molar-refractivity contribution in [1.82, 2.24) is 4.98 Å². The van der Waals surface area contributed by atoms with Gasteiger partial charge in [0.2, 0.25) is 0 Å². The fourth-order valence-corrected chi connectivity index (χ4v) is 1.49. The Hall–Kier alpha value is -2.56. The number of ether oxygens (including phenoxy) is 1. The van der Waals surface area contributed by atoms with Crippen LogP contribution in [0.2, 0.25) is 0 Å². The topological polar surface area (TPSA) is 77.2 Å². The van der Waals surface area contributed by atoms with E-state index >= 15 is 0 Å². The normalized spacial score (nSPS) is 9.95. The van der Waals surface area contributed by atoms with Crippen molar-refractivity contribution >= 4 is 17.3 Å². The first-order valence-electron chi connectivity index (χ1n) is 5.84. The molecule has 19 heavy (non-hydrogen) atoms. The zero-order valence-electron chi connectivity index (χ0n) is 10.6. The molecule has 0 saturated carbocycles. The molecule has 0 saturated heterocycles. The van der Waals surface area contributed by atoms with Crippen molar-refractivity contribution < 1.29 is 9.53 Å². The molecule has 1 amide bonds. The van der Waals surface area contributed by atoms with E-state index in [4.69, 9.17) is 10.5 Å². The average molecular weight is 257 g/mol. The van der Waals surface area contributed by atoms with E-state index in [-0.39, 0.29) is 12.5 Å². The number of rotatable bonds is 4. The minimum absolute atomic E-state index is 0.0721. The highest BCUT2D eigenvalue weighted by Gasteiger charge is 2.04. The van der Waals surface area contributed by atoms with Crippen molar-refractivity contribution in [2.45, 2.75) is 6.92 Å². The van der Waals surface area contributed by atoms with Gasteiger partial charge in [0.05, 0.1) is 11.9 Å². The first kappa shape index (κ1) is 12.9. The van der Waals surface area contributed by atoms with Crippen molar-refractivity contribution in [1.29, 1.82) is 0 Å². The number of aromatic nitrogens is 1. The largest absolute Gasteiger partial charge is 0.484 e. The van der Waals surface area contributed by atoms with Gasteiger partial charge in [-0.05, 0) is 31.2 Å². The highest BCUT2D eigenvalue weighted by Crippen LogP contribution is 2.14. The molecule has 1 aromatic carbocycles. The van der Waals surface area contributed by atoms with Crippen molar-refractivity contribution in [2.24, 2.45) is 0 Å². The Morgan fingerprint density at radius 2 is 2.21 bits per heavy atom. The van der Waals surface area contributed by atoms with E-state index in [1.165, 1.54) is 0 Å². The SMILES string of the molecule is Cc1ccc(NC(=O)COc2cccc(N)c2)cn1. The third-order valence-electron chi connectivity index (χ3n) is 2.42. The van der Waals surface area contributed by atoms with Gasteiger partial charge in [0, 0.05) is 17.4 Å². The van der Waals surface area contributed by atoms with Crippen LogP contribution in [-0.4, -0.2) is 17.5 Å². The molecule has 2 aromatic rings. The number of carbonyl (C=O) groups excluding carboxylic acids is 1. The summed E-state index contributed by atoms with van der Waals surface area (Å²) < 4.78 is 5.33. The van der Waals surface area contributed by atoms with Crippen LogP contribution in [0.25, 0.3) is 0 Å². The average Bonchev–Trinajstić information content (AvgIpc) is 2.39. The zero-order chi connectivity index (χ0) is 13.7. The summed E-state index contributed by atoms with van der Waals surface area (Å²) in [6.45, 7) is 1.81. The second-order valence-electron chi connectivity index (χ2n) is 4.10. The number of amides is 1. The van der Waals surface area contributed by atoms with Crippen LogP contribution in [0.5, 0.6) is 5.75 Å². The van der Waals surface area contributed by atoms with Gasteiger partial charge in [0.25, 0.3) is 5.91 Å². The maximum atomic E-state index is 11.7. The first-order chi connectivity index (χ1) is 9.13. The summed E-state index contributed by atoms with van der Waals surface area (Å²) in [5, 5.41) is 2.70. The van der Waals surface area contributed by atoms with Gasteiger partial charge in [-0.2, -0.15) is 0 Å². The number of nitrogen functional groups attached to an aromatic ring is 1. The van der Waals surface area contributed by atoms with Gasteiger partial charge >= 0.3 is 0 Å². The van der Waals surface area contributed by atoms with Crippen LogP contribution >= 0.6 is 0 Å². The van der Waals surface area contributed by atoms with Gasteiger partial charge < -0.3 is 15.8 Å². The Morgan fingerprint density at radius 3 is 2.89 bits per heavy atom. The van der Waals surface area contributed by atoms with Crippen LogP contribution in [0.3, 0.4) is 0 Å². The van der Waals surface area contributed by atoms with E-state index in [1.54, 1.807) is 36.5 Å². The molecular weight excluding hydrogens is 242 g/mol. The monoisotopic (exact) mass is 257 g/mol. The van der Waals surface area contributed by atoms with E-state index in [0.29, 0.717) is 17.1 Å². The number of nitrogens with two attached hydrogens (primary N) is 1. The van der Waals surface area contributed by atoms with Crippen molar-refractivity contribution in [3.05, 3.63) is 48.3 Å². The lowest BCUT2D eigenvalue weighted by Crippen LogP contribution is -2.20. The summed E-state index contributed by atoms with van der Waals surface area (Å²) >= 11 is 0. The van der Waals surface area contributed by atoms with Crippen LogP contribution in [0.15, 0.2) is 42.6 Å². The van der Waals surface area contributed by atoms with Gasteiger partial charge in [-0.15, -0.1) is 0 Å². The van der Waals surface area contributed by atoms with Gasteiger partial charge in [0.1, 0.15) is 5.75 Å². The summed E-state index contributed by atoms with van der Waals surface area (Å²) in [5.41, 5.74) is 7.75. The molecule has 0 fully saturated rings. The molecule has 0 aliphatic carbocycles. The number of hydrogen-bond donors (Lipinski definition) is 2. The molecule has 5 nitrogen and oxygen atoms in total. The van der Waals surface area contributed by atoms with Gasteiger partial charge in [0.15, 0.2) is 6.61 Å². The standard InChI is InChI=1S/C14H15N3O2/c1-10-5-6-12(8-16-10)17-14(18)9-19-13-4-2-3-11(15)7-13/h2-8H,9,15H2,1H3,(H,17,18). The second-order valence-corrected chi connectivity index (χ2v) is 4.10. The summed E-state index contributed by atoms with van der Waals surface area (Å²) in [6, 6.07) is 10.6. The second kappa shape index (κ2) is 5.86. The first-order valence-corrected chi connectivity index (χ1v) is 5.84. The van der Waals surface area contributed by atoms with Crippen LogP contribution in [0.1, 0.15) is 5.69 Å². The quantitative estimate of drug-likeness (QED) is 0.821. The van der Waals surface area contributed by atoms with Gasteiger partial charge in [-0.25, -0.2) is 0 Å². The van der Waals surface area contributed by atoms with Crippen LogP contribution in [-0.2, 0) is 4.79 Å². The Morgan fingerprint density at radius 1 is 1.37 bits per heavy atom. The van der Waals surface area contributed by atoms with Crippen LogP contribution < -0.4 is 15.8 Å². The fourth-order valence-electron chi connectivity index (χ4n) is 1.49. The maximum Gasteiger partial charge on any atom is 0.262 e. The lowest BCUT2D eigenvalue weighted by Gasteiger charge is -2.07. The number of carbonyl (C=O) groups is 1. The Labute approximate surface area is 111 Å². The highest BCUT2D eigenvalue weighted by molar-refractivity contribution is 5.91. The van der Waals surface area contributed by atoms with Crippen molar-refractivity contribution in [3.8, 4) is 5.75 Å². The molecule has 0 spiro atoms. The smallest absolute Gasteiger partial charge is 0.262 e. The summed E-state index contributed by atoms with van der Waals surface area (Å²) in [4.78, 5) is 15.8. The van der Waals surface area contributed by atoms with Gasteiger partial charge in [-0.3, -0.25) is 9.78 Å². The number of nitrogens with one attached hydrogen (secondary N) is 1. The molecule has 1 heterocycles. The molecule has 98 valence electrons. The Balaban J connectivity index is 1.86. The fraction of sp³-hybridized carbons (Fsp3) is 0.143. The molecule has 0 bridgehead atoms. The summed E-state index contributed by atoms with van der Waals surface area (Å²) in [7, 11) is 0. The molecule has 5 heteroatoms. The van der Waals surface area contributed by atoms with Crippen LogP contribution in [0.4, 0.5) is 11.4 Å². The Bertz CT molecular complexity index is 567. The third kappa shape index (κ3) is 3.99. The number of anilines is 2. The predicted octanol–water partition coefficient (Wildman–Crippen LogP) is 1.99. The molecule has 0 unspecified atom stereocenters. The zero-order valence-corrected chi connectivity index (χ0v) is 10.6. The molecule has 0 aliphatic heterocycles. The van der Waals surface area contributed by atoms with Crippen molar-refractivity contribution in [3.63, 3.8) is 0 Å². The number of hydrogen-bond acceptors (Lipinski definition) is 4. The molecular formula is C14H15N3O2. The highest BCUT2D eigenvalue weighted by atomic mass is 16.5. The number of nitrogens with zero attached hydrogens (tertiary/aromatic N) is 1. The molecule has 0 aliphatic rings. The lowest BCUT2D eigenvalue weighted by atomic mass is 10.3. The lowest BCUT2D eigenvalue weighted by molar-refractivity contribution is -0.118. The molecule has 0 atom stereocenters. The van der Waals surface area contributed by atoms with E-state index in [1.807, 2.05) is 13.0 Å². The molecule has 3 N–H and O–H groups in total. The van der Waals surface area contributed by atoms with Gasteiger partial charge in [-0.1, -0.05) is 6.07 Å². The predicted molar refractivity (Wildman–Crippen MR) is 74.0 cm³/mol. The van der Waals surface area contributed by atoms with E-state index in [2.05, 4.69) is 10.3 Å². The van der Waals surface area contributed by atoms with Crippen LogP contribution in [0, 0.1) is 6.92 Å². The Kier molecular flexibility index (Phi) is 3.97. The number of aryl methyl sites for hydroxylation is 1. The number of benzene rings is 1. The van der Waals surface area contributed by atoms with E-state index in [0.717, 1.165) is 5.69 Å². The third-order valence-corrected chi connectivity index (χ3v) is 2.42. The summed E-state index contributed by atoms with van der Waals surface area (Å²) in [5.74, 6) is 0.324. The molecule has 1 aromatic heterocycles. The molecule has 2 rings (SSSR count). The van der Waals surface area contributed by atoms with Crippen molar-refractivity contribution in [2.75, 3.05) is 17.7 Å².